The fourth-order valence-corrected chi connectivity index (χ4v) is 3.13. The third-order valence-corrected chi connectivity index (χ3v) is 4.50. The van der Waals surface area contributed by atoms with Crippen molar-refractivity contribution in [2.24, 2.45) is 12.0 Å². The maximum absolute atomic E-state index is 5.70. The van der Waals surface area contributed by atoms with Gasteiger partial charge in [0.05, 0.1) is 24.6 Å². The summed E-state index contributed by atoms with van der Waals surface area (Å²) in [4.78, 5) is 4.75. The van der Waals surface area contributed by atoms with Gasteiger partial charge in [-0.3, -0.25) is 4.68 Å². The SMILES string of the molecule is CCc1nn(C)cc1CN=C(NCCc1ccco1)NCC1CCCO1.I. The summed E-state index contributed by atoms with van der Waals surface area (Å²) in [6.45, 7) is 5.13. The minimum Gasteiger partial charge on any atom is -0.469 e. The summed E-state index contributed by atoms with van der Waals surface area (Å²) >= 11 is 0. The van der Waals surface area contributed by atoms with E-state index >= 15 is 0 Å². The van der Waals surface area contributed by atoms with Crippen LogP contribution < -0.4 is 10.6 Å². The smallest absolute Gasteiger partial charge is 0.191 e. The van der Waals surface area contributed by atoms with Crippen molar-refractivity contribution in [3.05, 3.63) is 41.6 Å². The summed E-state index contributed by atoms with van der Waals surface area (Å²) in [5.74, 6) is 1.77. The third kappa shape index (κ3) is 6.84. The zero-order valence-electron chi connectivity index (χ0n) is 16.1. The number of halogens is 1. The molecule has 7 nitrogen and oxygen atoms in total. The van der Waals surface area contributed by atoms with Crippen molar-refractivity contribution in [2.75, 3.05) is 19.7 Å². The lowest BCUT2D eigenvalue weighted by Crippen LogP contribution is -2.41. The van der Waals surface area contributed by atoms with E-state index in [9.17, 15) is 0 Å². The number of nitrogens with one attached hydrogen (secondary N) is 2. The summed E-state index contributed by atoms with van der Waals surface area (Å²) in [7, 11) is 1.95. The molecule has 2 N–H and O–H groups in total. The Morgan fingerprint density at radius 3 is 3.00 bits per heavy atom. The first kappa shape index (κ1) is 21.7. The molecule has 0 bridgehead atoms. The fourth-order valence-electron chi connectivity index (χ4n) is 3.13. The molecule has 0 aliphatic carbocycles. The molecule has 0 radical (unpaired) electrons. The molecule has 1 unspecified atom stereocenters. The number of furan rings is 1. The second kappa shape index (κ2) is 11.3. The predicted molar refractivity (Wildman–Crippen MR) is 117 cm³/mol. The summed E-state index contributed by atoms with van der Waals surface area (Å²) in [5.41, 5.74) is 2.27. The summed E-state index contributed by atoms with van der Waals surface area (Å²) < 4.78 is 12.9. The minimum atomic E-state index is 0. The second-order valence-corrected chi connectivity index (χ2v) is 6.57. The van der Waals surface area contributed by atoms with Gasteiger partial charge in [-0.2, -0.15) is 5.10 Å². The van der Waals surface area contributed by atoms with Crippen molar-refractivity contribution in [2.45, 2.75) is 45.3 Å². The van der Waals surface area contributed by atoms with Crippen LogP contribution in [0.5, 0.6) is 0 Å². The number of rotatable bonds is 8. The molecule has 3 rings (SSSR count). The maximum Gasteiger partial charge on any atom is 0.191 e. The van der Waals surface area contributed by atoms with E-state index in [0.717, 1.165) is 62.8 Å². The van der Waals surface area contributed by atoms with Crippen LogP contribution in [-0.2, 0) is 31.2 Å². The van der Waals surface area contributed by atoms with Gasteiger partial charge in [-0.15, -0.1) is 24.0 Å². The fraction of sp³-hybridized carbons (Fsp3) is 0.579. The molecular weight excluding hydrogens is 457 g/mol. The van der Waals surface area contributed by atoms with E-state index in [2.05, 4.69) is 22.7 Å². The van der Waals surface area contributed by atoms with Gasteiger partial charge in [0.1, 0.15) is 5.76 Å². The van der Waals surface area contributed by atoms with Crippen LogP contribution in [0.25, 0.3) is 0 Å². The van der Waals surface area contributed by atoms with Crippen molar-refractivity contribution in [3.8, 4) is 0 Å². The molecule has 3 heterocycles. The number of nitrogens with zero attached hydrogens (tertiary/aromatic N) is 3. The molecule has 1 fully saturated rings. The molecule has 1 aliphatic rings. The van der Waals surface area contributed by atoms with Gasteiger partial charge in [0.15, 0.2) is 5.96 Å². The zero-order chi connectivity index (χ0) is 18.2. The molecule has 0 saturated carbocycles. The third-order valence-electron chi connectivity index (χ3n) is 4.50. The van der Waals surface area contributed by atoms with Crippen molar-refractivity contribution in [3.63, 3.8) is 0 Å². The summed E-state index contributed by atoms with van der Waals surface area (Å²) in [6.07, 6.45) is 8.00. The normalized spacial score (nSPS) is 17.0. The average molecular weight is 487 g/mol. The van der Waals surface area contributed by atoms with E-state index in [-0.39, 0.29) is 30.1 Å². The Morgan fingerprint density at radius 2 is 2.30 bits per heavy atom. The Kier molecular flexibility index (Phi) is 9.12. The van der Waals surface area contributed by atoms with Crippen LogP contribution in [0, 0.1) is 0 Å². The van der Waals surface area contributed by atoms with Crippen molar-refractivity contribution >= 4 is 29.9 Å². The van der Waals surface area contributed by atoms with Crippen LogP contribution in [-0.4, -0.2) is 41.5 Å². The lowest BCUT2D eigenvalue weighted by molar-refractivity contribution is 0.114. The molecule has 0 spiro atoms. The quantitative estimate of drug-likeness (QED) is 0.340. The van der Waals surface area contributed by atoms with Gasteiger partial charge < -0.3 is 19.8 Å². The first-order chi connectivity index (χ1) is 12.7. The molecule has 2 aromatic heterocycles. The molecule has 1 saturated heterocycles. The van der Waals surface area contributed by atoms with E-state index < -0.39 is 0 Å². The van der Waals surface area contributed by atoms with Crippen LogP contribution in [0.2, 0.25) is 0 Å². The number of aryl methyl sites for hydroxylation is 2. The highest BCUT2D eigenvalue weighted by molar-refractivity contribution is 14.0. The van der Waals surface area contributed by atoms with E-state index in [1.807, 2.05) is 30.1 Å². The van der Waals surface area contributed by atoms with Crippen molar-refractivity contribution < 1.29 is 9.15 Å². The average Bonchev–Trinajstić information content (AvgIpc) is 3.38. The number of aromatic nitrogens is 2. The Labute approximate surface area is 178 Å². The van der Waals surface area contributed by atoms with Crippen LogP contribution in [0.15, 0.2) is 34.0 Å². The van der Waals surface area contributed by atoms with E-state index in [4.69, 9.17) is 14.1 Å². The van der Waals surface area contributed by atoms with Crippen LogP contribution in [0.3, 0.4) is 0 Å². The predicted octanol–water partition coefficient (Wildman–Crippen LogP) is 2.65. The van der Waals surface area contributed by atoms with Gasteiger partial charge in [-0.05, 0) is 31.4 Å². The lowest BCUT2D eigenvalue weighted by Gasteiger charge is -2.15. The van der Waals surface area contributed by atoms with Gasteiger partial charge in [0, 0.05) is 44.9 Å². The number of aliphatic imine (C=N–C) groups is 1. The highest BCUT2D eigenvalue weighted by Gasteiger charge is 2.15. The summed E-state index contributed by atoms with van der Waals surface area (Å²) in [5, 5.41) is 11.3. The van der Waals surface area contributed by atoms with Crippen molar-refractivity contribution in [1.29, 1.82) is 0 Å². The molecule has 27 heavy (non-hydrogen) atoms. The van der Waals surface area contributed by atoms with Gasteiger partial charge in [0.25, 0.3) is 0 Å². The van der Waals surface area contributed by atoms with E-state index in [0.29, 0.717) is 6.54 Å². The molecule has 2 aromatic rings. The molecule has 0 amide bonds. The van der Waals surface area contributed by atoms with E-state index in [1.165, 1.54) is 5.56 Å². The molecule has 0 aromatic carbocycles. The number of guanidine groups is 1. The topological polar surface area (TPSA) is 76.6 Å². The Morgan fingerprint density at radius 1 is 1.41 bits per heavy atom. The first-order valence-corrected chi connectivity index (χ1v) is 9.42. The Hall–Kier alpha value is -1.55. The van der Waals surface area contributed by atoms with Gasteiger partial charge in [0.2, 0.25) is 0 Å². The van der Waals surface area contributed by atoms with Crippen LogP contribution in [0.1, 0.15) is 36.8 Å². The Bertz CT molecular complexity index is 693. The lowest BCUT2D eigenvalue weighted by atomic mass is 10.2. The van der Waals surface area contributed by atoms with Crippen LogP contribution >= 0.6 is 24.0 Å². The molecular formula is C19H30IN5O2. The highest BCUT2D eigenvalue weighted by atomic mass is 127. The van der Waals surface area contributed by atoms with Crippen LogP contribution in [0.4, 0.5) is 0 Å². The van der Waals surface area contributed by atoms with Crippen molar-refractivity contribution in [1.82, 2.24) is 20.4 Å². The summed E-state index contributed by atoms with van der Waals surface area (Å²) in [6, 6.07) is 3.90. The Balaban J connectivity index is 0.00000261. The molecule has 1 aliphatic heterocycles. The number of ether oxygens (including phenoxy) is 1. The minimum absolute atomic E-state index is 0. The maximum atomic E-state index is 5.70. The molecule has 150 valence electrons. The standard InChI is InChI=1S/C19H29N5O2.HI/c1-3-18-15(14-24(2)23-18)12-21-19(22-13-17-7-5-11-26-17)20-9-8-16-6-4-10-25-16;/h4,6,10,14,17H,3,5,7-9,11-13H2,1-2H3,(H2,20,21,22);1H. The van der Waals surface area contributed by atoms with Gasteiger partial charge in [-0.1, -0.05) is 6.92 Å². The zero-order valence-corrected chi connectivity index (χ0v) is 18.4. The first-order valence-electron chi connectivity index (χ1n) is 9.42. The highest BCUT2D eigenvalue weighted by Crippen LogP contribution is 2.11. The second-order valence-electron chi connectivity index (χ2n) is 6.57. The largest absolute Gasteiger partial charge is 0.469 e. The van der Waals surface area contributed by atoms with Gasteiger partial charge >= 0.3 is 0 Å². The molecule has 8 heteroatoms. The van der Waals surface area contributed by atoms with E-state index in [1.54, 1.807) is 6.26 Å². The number of hydrogen-bond donors (Lipinski definition) is 2. The van der Waals surface area contributed by atoms with Gasteiger partial charge in [-0.25, -0.2) is 4.99 Å². The number of hydrogen-bond acceptors (Lipinski definition) is 4. The molecule has 1 atom stereocenters. The monoisotopic (exact) mass is 487 g/mol.